The highest BCUT2D eigenvalue weighted by Crippen LogP contribution is 2.20. The van der Waals surface area contributed by atoms with Crippen molar-refractivity contribution in [2.24, 2.45) is 0 Å². The van der Waals surface area contributed by atoms with E-state index in [1.165, 1.54) is 0 Å². The molecule has 0 aliphatic carbocycles. The van der Waals surface area contributed by atoms with Gasteiger partial charge in [-0.05, 0) is 48.4 Å². The number of anilines is 1. The normalized spacial score (nSPS) is 10.4. The number of hydrogen-bond acceptors (Lipinski definition) is 2. The van der Waals surface area contributed by atoms with Crippen molar-refractivity contribution in [1.82, 2.24) is 0 Å². The Labute approximate surface area is 138 Å². The Balaban J connectivity index is 1.82. The van der Waals surface area contributed by atoms with Gasteiger partial charge in [-0.3, -0.25) is 4.79 Å². The topological polar surface area (TPSA) is 29.1 Å². The van der Waals surface area contributed by atoms with Gasteiger partial charge >= 0.3 is 0 Å². The third-order valence-electron chi connectivity index (χ3n) is 2.85. The van der Waals surface area contributed by atoms with Crippen molar-refractivity contribution in [2.75, 3.05) is 11.1 Å². The number of hydrogen-bond donors (Lipinski definition) is 1. The van der Waals surface area contributed by atoms with Gasteiger partial charge in [-0.15, -0.1) is 11.8 Å². The molecule has 0 spiro atoms. The lowest BCUT2D eigenvalue weighted by atomic mass is 10.2. The van der Waals surface area contributed by atoms with E-state index in [2.05, 4.69) is 5.32 Å². The van der Waals surface area contributed by atoms with Gasteiger partial charge in [-0.1, -0.05) is 35.3 Å². The maximum atomic E-state index is 11.9. The van der Waals surface area contributed by atoms with Crippen LogP contribution < -0.4 is 5.32 Å². The summed E-state index contributed by atoms with van der Waals surface area (Å²) in [6.45, 7) is 1.92. The highest BCUT2D eigenvalue weighted by atomic mass is 35.5. The van der Waals surface area contributed by atoms with Crippen LogP contribution in [0.4, 0.5) is 5.69 Å². The first-order valence-corrected chi connectivity index (χ1v) is 8.34. The van der Waals surface area contributed by atoms with Crippen molar-refractivity contribution in [1.29, 1.82) is 0 Å². The van der Waals surface area contributed by atoms with Crippen LogP contribution >= 0.6 is 35.0 Å². The van der Waals surface area contributed by atoms with Gasteiger partial charge < -0.3 is 5.32 Å². The number of aryl methyl sites for hydroxylation is 1. The number of carbonyl (C=O) groups excluding carboxylic acids is 1. The van der Waals surface area contributed by atoms with E-state index in [0.29, 0.717) is 15.8 Å². The first-order chi connectivity index (χ1) is 10.0. The summed E-state index contributed by atoms with van der Waals surface area (Å²) < 4.78 is 0. The van der Waals surface area contributed by atoms with Gasteiger partial charge in [0, 0.05) is 21.5 Å². The molecule has 110 valence electrons. The number of rotatable bonds is 5. The number of halogens is 2. The van der Waals surface area contributed by atoms with Crippen LogP contribution in [-0.4, -0.2) is 11.7 Å². The molecule has 0 radical (unpaired) electrons. The Morgan fingerprint density at radius 1 is 1.14 bits per heavy atom. The Morgan fingerprint density at radius 3 is 2.62 bits per heavy atom. The fourth-order valence-corrected chi connectivity index (χ4v) is 3.06. The van der Waals surface area contributed by atoms with Crippen LogP contribution in [0.2, 0.25) is 10.0 Å². The minimum atomic E-state index is -0.0209. The lowest BCUT2D eigenvalue weighted by Crippen LogP contribution is -2.14. The second kappa shape index (κ2) is 7.74. The molecule has 2 nitrogen and oxygen atoms in total. The zero-order valence-corrected chi connectivity index (χ0v) is 13.9. The van der Waals surface area contributed by atoms with E-state index in [4.69, 9.17) is 23.2 Å². The summed E-state index contributed by atoms with van der Waals surface area (Å²) >= 11 is 13.4. The molecule has 0 aliphatic heterocycles. The molecule has 0 atom stereocenters. The van der Waals surface area contributed by atoms with E-state index in [0.717, 1.165) is 22.6 Å². The van der Waals surface area contributed by atoms with Crippen LogP contribution in [0, 0.1) is 6.92 Å². The number of benzene rings is 2. The molecule has 0 bridgehead atoms. The largest absolute Gasteiger partial charge is 0.325 e. The van der Waals surface area contributed by atoms with Crippen molar-refractivity contribution < 1.29 is 4.79 Å². The van der Waals surface area contributed by atoms with Gasteiger partial charge in [0.25, 0.3) is 0 Å². The Bertz CT molecular complexity index is 646. The second-order valence-corrected chi connectivity index (χ2v) is 6.49. The van der Waals surface area contributed by atoms with Gasteiger partial charge in [0.15, 0.2) is 0 Å². The van der Waals surface area contributed by atoms with Gasteiger partial charge in [-0.2, -0.15) is 0 Å². The Kier molecular flexibility index (Phi) is 5.97. The highest BCUT2D eigenvalue weighted by molar-refractivity contribution is 7.99. The quantitative estimate of drug-likeness (QED) is 0.813. The molecule has 0 aliphatic rings. The maximum Gasteiger partial charge on any atom is 0.234 e. The molecular formula is C16H15Cl2NOS. The molecule has 2 aromatic carbocycles. The van der Waals surface area contributed by atoms with E-state index < -0.39 is 0 Å². The van der Waals surface area contributed by atoms with E-state index in [9.17, 15) is 4.79 Å². The molecule has 0 aromatic heterocycles. The number of nitrogens with one attached hydrogen (secondary N) is 1. The van der Waals surface area contributed by atoms with Gasteiger partial charge in [0.1, 0.15) is 0 Å². The number of carbonyl (C=O) groups is 1. The molecule has 1 N–H and O–H groups in total. The van der Waals surface area contributed by atoms with Crippen LogP contribution in [-0.2, 0) is 10.5 Å². The van der Waals surface area contributed by atoms with E-state index in [1.54, 1.807) is 17.8 Å². The minimum absolute atomic E-state index is 0.0209. The molecular weight excluding hydrogens is 325 g/mol. The van der Waals surface area contributed by atoms with Gasteiger partial charge in [0.2, 0.25) is 5.91 Å². The summed E-state index contributed by atoms with van der Waals surface area (Å²) in [6, 6.07) is 13.1. The fraction of sp³-hybridized carbons (Fsp3) is 0.188. The minimum Gasteiger partial charge on any atom is -0.325 e. The van der Waals surface area contributed by atoms with Crippen LogP contribution in [0.5, 0.6) is 0 Å². The first kappa shape index (κ1) is 16.2. The van der Waals surface area contributed by atoms with Crippen molar-refractivity contribution in [3.05, 3.63) is 63.6 Å². The summed E-state index contributed by atoms with van der Waals surface area (Å²) in [5.41, 5.74) is 2.87. The van der Waals surface area contributed by atoms with Crippen LogP contribution in [0.3, 0.4) is 0 Å². The van der Waals surface area contributed by atoms with Crippen LogP contribution in [0.25, 0.3) is 0 Å². The zero-order valence-electron chi connectivity index (χ0n) is 11.5. The van der Waals surface area contributed by atoms with Crippen LogP contribution in [0.15, 0.2) is 42.5 Å². The lowest BCUT2D eigenvalue weighted by molar-refractivity contribution is -0.113. The molecule has 0 fully saturated rings. The van der Waals surface area contributed by atoms with E-state index >= 15 is 0 Å². The summed E-state index contributed by atoms with van der Waals surface area (Å²) in [5.74, 6) is 1.13. The number of thioether (sulfide) groups is 1. The number of amides is 1. The molecule has 0 unspecified atom stereocenters. The van der Waals surface area contributed by atoms with Crippen molar-refractivity contribution >= 4 is 46.6 Å². The summed E-state index contributed by atoms with van der Waals surface area (Å²) in [6.07, 6.45) is 0. The third-order valence-corrected chi connectivity index (χ3v) is 4.33. The van der Waals surface area contributed by atoms with Crippen molar-refractivity contribution in [3.63, 3.8) is 0 Å². The predicted molar refractivity (Wildman–Crippen MR) is 92.4 cm³/mol. The zero-order chi connectivity index (χ0) is 15.2. The molecule has 0 heterocycles. The third kappa shape index (κ3) is 5.27. The van der Waals surface area contributed by atoms with Crippen molar-refractivity contribution in [2.45, 2.75) is 12.7 Å². The Morgan fingerprint density at radius 2 is 1.90 bits per heavy atom. The SMILES string of the molecule is Cc1cc(Cl)ccc1NC(=O)CSCc1cccc(Cl)c1. The monoisotopic (exact) mass is 339 g/mol. The second-order valence-electron chi connectivity index (χ2n) is 4.63. The van der Waals surface area contributed by atoms with Gasteiger partial charge in [-0.25, -0.2) is 0 Å². The van der Waals surface area contributed by atoms with Gasteiger partial charge in [0.05, 0.1) is 5.75 Å². The maximum absolute atomic E-state index is 11.9. The lowest BCUT2D eigenvalue weighted by Gasteiger charge is -2.08. The average molecular weight is 340 g/mol. The van der Waals surface area contributed by atoms with E-state index in [-0.39, 0.29) is 5.91 Å². The first-order valence-electron chi connectivity index (χ1n) is 6.43. The summed E-state index contributed by atoms with van der Waals surface area (Å²) in [5, 5.41) is 4.28. The molecule has 0 saturated heterocycles. The average Bonchev–Trinajstić information content (AvgIpc) is 2.42. The molecule has 2 aromatic rings. The predicted octanol–water partition coefficient (Wildman–Crippen LogP) is 5.17. The Hall–Kier alpha value is -1.16. The molecule has 2 rings (SSSR count). The summed E-state index contributed by atoms with van der Waals surface area (Å²) in [7, 11) is 0. The smallest absolute Gasteiger partial charge is 0.234 e. The fourth-order valence-electron chi connectivity index (χ4n) is 1.84. The van der Waals surface area contributed by atoms with Crippen LogP contribution in [0.1, 0.15) is 11.1 Å². The molecule has 5 heteroatoms. The van der Waals surface area contributed by atoms with E-state index in [1.807, 2.05) is 43.3 Å². The summed E-state index contributed by atoms with van der Waals surface area (Å²) in [4.78, 5) is 11.9. The van der Waals surface area contributed by atoms with Crippen molar-refractivity contribution in [3.8, 4) is 0 Å². The molecule has 0 saturated carbocycles. The molecule has 21 heavy (non-hydrogen) atoms. The standard InChI is InChI=1S/C16H15Cl2NOS/c1-11-7-14(18)5-6-15(11)19-16(20)10-21-9-12-3-2-4-13(17)8-12/h2-8H,9-10H2,1H3,(H,19,20). The highest BCUT2D eigenvalue weighted by Gasteiger charge is 2.06. The molecule has 1 amide bonds.